The summed E-state index contributed by atoms with van der Waals surface area (Å²) in [7, 11) is -0.699. The zero-order valence-electron chi connectivity index (χ0n) is 13.8. The van der Waals surface area contributed by atoms with E-state index in [0.717, 1.165) is 11.1 Å². The van der Waals surface area contributed by atoms with Gasteiger partial charge >= 0.3 is 0 Å². The molecule has 0 bridgehead atoms. The third-order valence-electron chi connectivity index (χ3n) is 3.68. The quantitative estimate of drug-likeness (QED) is 0.755. The monoisotopic (exact) mass is 413 g/mol. The van der Waals surface area contributed by atoms with Crippen molar-refractivity contribution in [3.05, 3.63) is 52.0 Å². The Bertz CT molecular complexity index is 821. The van der Waals surface area contributed by atoms with E-state index in [1.54, 1.807) is 6.07 Å². The van der Waals surface area contributed by atoms with E-state index in [-0.39, 0.29) is 4.90 Å². The lowest BCUT2D eigenvalue weighted by Crippen LogP contribution is -2.26. The summed E-state index contributed by atoms with van der Waals surface area (Å²) in [4.78, 5) is 0.116. The van der Waals surface area contributed by atoms with E-state index in [1.165, 1.54) is 20.3 Å². The number of ether oxygens (including phenoxy) is 2. The van der Waals surface area contributed by atoms with Gasteiger partial charge in [0.2, 0.25) is 10.0 Å². The van der Waals surface area contributed by atoms with Crippen LogP contribution in [-0.4, -0.2) is 29.2 Å². The Morgan fingerprint density at radius 3 is 2.33 bits per heavy atom. The molecule has 0 aromatic heterocycles. The van der Waals surface area contributed by atoms with Crippen molar-refractivity contribution >= 4 is 26.0 Å². The van der Waals surface area contributed by atoms with E-state index < -0.39 is 10.0 Å². The third kappa shape index (κ3) is 4.28. The molecule has 0 aliphatic heterocycles. The Balaban J connectivity index is 2.17. The predicted molar refractivity (Wildman–Crippen MR) is 97.3 cm³/mol. The number of halogens is 1. The fraction of sp³-hybridized carbons (Fsp3) is 0.294. The highest BCUT2D eigenvalue weighted by Gasteiger charge is 2.21. The van der Waals surface area contributed by atoms with Crippen LogP contribution in [-0.2, 0) is 16.4 Å². The summed E-state index contributed by atoms with van der Waals surface area (Å²) in [6.45, 7) is 2.32. The summed E-state index contributed by atoms with van der Waals surface area (Å²) in [6, 6.07) is 10.9. The average molecular weight is 414 g/mol. The molecular formula is C17H20BrNO4S. The molecule has 5 nitrogen and oxygen atoms in total. The molecule has 0 spiro atoms. The molecule has 0 radical (unpaired) electrons. The molecule has 0 atom stereocenters. The highest BCUT2D eigenvalue weighted by Crippen LogP contribution is 2.35. The number of nitrogens with one attached hydrogen (secondary N) is 1. The summed E-state index contributed by atoms with van der Waals surface area (Å²) in [5.41, 5.74) is 2.26. The first-order valence-corrected chi connectivity index (χ1v) is 9.62. The molecule has 0 unspecified atom stereocenters. The van der Waals surface area contributed by atoms with E-state index in [4.69, 9.17) is 9.47 Å². The Morgan fingerprint density at radius 2 is 1.71 bits per heavy atom. The molecule has 0 saturated heterocycles. The van der Waals surface area contributed by atoms with Crippen LogP contribution in [0.15, 0.2) is 45.8 Å². The van der Waals surface area contributed by atoms with Crippen molar-refractivity contribution in [1.29, 1.82) is 0 Å². The zero-order valence-corrected chi connectivity index (χ0v) is 16.2. The maximum atomic E-state index is 12.6. The zero-order chi connectivity index (χ0) is 17.7. The van der Waals surface area contributed by atoms with Crippen molar-refractivity contribution in [2.75, 3.05) is 20.8 Å². The van der Waals surface area contributed by atoms with Gasteiger partial charge in [0.15, 0.2) is 11.5 Å². The molecule has 2 aromatic carbocycles. The van der Waals surface area contributed by atoms with Crippen molar-refractivity contribution in [2.45, 2.75) is 18.2 Å². The normalized spacial score (nSPS) is 11.3. The molecule has 0 fully saturated rings. The summed E-state index contributed by atoms with van der Waals surface area (Å²) in [5, 5.41) is 0. The van der Waals surface area contributed by atoms with Crippen LogP contribution in [0, 0.1) is 6.92 Å². The second-order valence-corrected chi connectivity index (χ2v) is 7.80. The summed E-state index contributed by atoms with van der Waals surface area (Å²) < 4.78 is 38.5. The second-order valence-electron chi connectivity index (χ2n) is 5.21. The van der Waals surface area contributed by atoms with Crippen LogP contribution in [0.4, 0.5) is 0 Å². The molecule has 2 rings (SSSR count). The average Bonchev–Trinajstić information content (AvgIpc) is 2.56. The van der Waals surface area contributed by atoms with Crippen LogP contribution < -0.4 is 14.2 Å². The highest BCUT2D eigenvalue weighted by atomic mass is 79.9. The van der Waals surface area contributed by atoms with Crippen molar-refractivity contribution < 1.29 is 17.9 Å². The summed E-state index contributed by atoms with van der Waals surface area (Å²) >= 11 is 3.28. The topological polar surface area (TPSA) is 64.6 Å². The van der Waals surface area contributed by atoms with Gasteiger partial charge < -0.3 is 9.47 Å². The summed E-state index contributed by atoms with van der Waals surface area (Å²) in [5.74, 6) is 0.822. The maximum Gasteiger partial charge on any atom is 0.241 e. The van der Waals surface area contributed by atoms with E-state index in [0.29, 0.717) is 28.9 Å². The molecule has 1 N–H and O–H groups in total. The lowest BCUT2D eigenvalue weighted by atomic mass is 10.1. The van der Waals surface area contributed by atoms with E-state index >= 15 is 0 Å². The smallest absolute Gasteiger partial charge is 0.241 e. The number of hydrogen-bond donors (Lipinski definition) is 1. The number of aryl methyl sites for hydroxylation is 1. The van der Waals surface area contributed by atoms with Gasteiger partial charge in [-0.2, -0.15) is 0 Å². The first kappa shape index (κ1) is 18.8. The van der Waals surface area contributed by atoms with Crippen LogP contribution in [0.5, 0.6) is 11.5 Å². The van der Waals surface area contributed by atoms with Gasteiger partial charge in [-0.15, -0.1) is 0 Å². The first-order chi connectivity index (χ1) is 11.4. The van der Waals surface area contributed by atoms with Gasteiger partial charge in [-0.1, -0.05) is 24.3 Å². The largest absolute Gasteiger partial charge is 0.493 e. The minimum atomic E-state index is -3.66. The SMILES string of the molecule is COc1cc(Br)c(S(=O)(=O)NCCc2ccccc2C)cc1OC. The number of sulfonamides is 1. The standard InChI is InChI=1S/C17H20BrNO4S/c1-12-6-4-5-7-13(12)8-9-19-24(20,21)17-11-16(23-3)15(22-2)10-14(17)18/h4-7,10-11,19H,8-9H2,1-3H3. The van der Waals surface area contributed by atoms with E-state index in [1.807, 2.05) is 31.2 Å². The second kappa shape index (κ2) is 8.00. The fourth-order valence-electron chi connectivity index (χ4n) is 2.33. The van der Waals surface area contributed by atoms with Crippen LogP contribution in [0.3, 0.4) is 0 Å². The van der Waals surface area contributed by atoms with Crippen molar-refractivity contribution in [3.8, 4) is 11.5 Å². The number of methoxy groups -OCH3 is 2. The maximum absolute atomic E-state index is 12.6. The highest BCUT2D eigenvalue weighted by molar-refractivity contribution is 9.10. The molecule has 24 heavy (non-hydrogen) atoms. The van der Waals surface area contributed by atoms with Gasteiger partial charge in [0.05, 0.1) is 14.2 Å². The molecule has 2 aromatic rings. The summed E-state index contributed by atoms with van der Waals surface area (Å²) in [6.07, 6.45) is 0.622. The molecule has 0 aliphatic rings. The van der Waals surface area contributed by atoms with Gasteiger partial charge in [0.25, 0.3) is 0 Å². The van der Waals surface area contributed by atoms with Crippen molar-refractivity contribution in [2.24, 2.45) is 0 Å². The lowest BCUT2D eigenvalue weighted by molar-refractivity contribution is 0.353. The van der Waals surface area contributed by atoms with Crippen LogP contribution in [0.25, 0.3) is 0 Å². The van der Waals surface area contributed by atoms with Gasteiger partial charge in [-0.05, 0) is 46.5 Å². The van der Waals surface area contributed by atoms with Gasteiger partial charge in [-0.3, -0.25) is 0 Å². The number of rotatable bonds is 7. The molecule has 0 aliphatic carbocycles. The molecule has 0 heterocycles. The molecule has 0 saturated carbocycles. The van der Waals surface area contributed by atoms with Gasteiger partial charge in [-0.25, -0.2) is 13.1 Å². The van der Waals surface area contributed by atoms with E-state index in [9.17, 15) is 8.42 Å². The van der Waals surface area contributed by atoms with Crippen LogP contribution >= 0.6 is 15.9 Å². The lowest BCUT2D eigenvalue weighted by Gasteiger charge is -2.13. The first-order valence-electron chi connectivity index (χ1n) is 7.34. The van der Waals surface area contributed by atoms with Crippen LogP contribution in [0.2, 0.25) is 0 Å². The minimum absolute atomic E-state index is 0.116. The Labute approximate surface area is 151 Å². The Hall–Kier alpha value is -1.57. The molecular weight excluding hydrogens is 394 g/mol. The number of benzene rings is 2. The molecule has 130 valence electrons. The predicted octanol–water partition coefficient (Wildman–Crippen LogP) is 3.30. The minimum Gasteiger partial charge on any atom is -0.493 e. The van der Waals surface area contributed by atoms with Gasteiger partial charge in [0, 0.05) is 17.1 Å². The third-order valence-corrected chi connectivity index (χ3v) is 6.09. The molecule has 0 amide bonds. The molecule has 7 heteroatoms. The number of hydrogen-bond acceptors (Lipinski definition) is 4. The van der Waals surface area contributed by atoms with Crippen LogP contribution in [0.1, 0.15) is 11.1 Å². The van der Waals surface area contributed by atoms with Crippen molar-refractivity contribution in [3.63, 3.8) is 0 Å². The van der Waals surface area contributed by atoms with E-state index in [2.05, 4.69) is 20.7 Å². The fourth-order valence-corrected chi connectivity index (χ4v) is 4.40. The Morgan fingerprint density at radius 1 is 1.08 bits per heavy atom. The van der Waals surface area contributed by atoms with Gasteiger partial charge in [0.1, 0.15) is 4.90 Å². The Kier molecular flexibility index (Phi) is 6.26. The van der Waals surface area contributed by atoms with Crippen molar-refractivity contribution in [1.82, 2.24) is 4.72 Å².